The van der Waals surface area contributed by atoms with Crippen molar-refractivity contribution in [3.63, 3.8) is 0 Å². The van der Waals surface area contributed by atoms with Gasteiger partial charge in [-0.25, -0.2) is 4.98 Å². The van der Waals surface area contributed by atoms with Crippen LogP contribution in [0.5, 0.6) is 0 Å². The summed E-state index contributed by atoms with van der Waals surface area (Å²) >= 11 is 1.51. The molecule has 0 saturated heterocycles. The summed E-state index contributed by atoms with van der Waals surface area (Å²) in [6, 6.07) is 15.3. The molecule has 120 valence electrons. The van der Waals surface area contributed by atoms with Crippen LogP contribution in [-0.2, 0) is 6.54 Å². The molecule has 0 fully saturated rings. The van der Waals surface area contributed by atoms with Crippen LogP contribution >= 0.6 is 11.3 Å². The van der Waals surface area contributed by atoms with Gasteiger partial charge in [0.1, 0.15) is 5.01 Å². The first kappa shape index (κ1) is 15.8. The number of carbonyl (C=O) groups is 1. The van der Waals surface area contributed by atoms with E-state index in [-0.39, 0.29) is 11.6 Å². The second-order valence-corrected chi connectivity index (χ2v) is 6.10. The van der Waals surface area contributed by atoms with Gasteiger partial charge in [0.05, 0.1) is 11.5 Å². The lowest BCUT2D eigenvalue weighted by molar-refractivity contribution is -0.384. The predicted molar refractivity (Wildman–Crippen MR) is 91.8 cm³/mol. The highest BCUT2D eigenvalue weighted by Crippen LogP contribution is 2.24. The van der Waals surface area contributed by atoms with Gasteiger partial charge in [0.25, 0.3) is 11.6 Å². The smallest absolute Gasteiger partial charge is 0.269 e. The SMILES string of the molecule is O=C(NCc1cnc(-c2ccccc2)s1)c1ccc([N+](=O)[O-])cc1. The molecule has 0 bridgehead atoms. The van der Waals surface area contributed by atoms with Crippen LogP contribution in [0.4, 0.5) is 5.69 Å². The predicted octanol–water partition coefficient (Wildman–Crippen LogP) is 3.65. The van der Waals surface area contributed by atoms with Crippen LogP contribution in [0.25, 0.3) is 10.6 Å². The fourth-order valence-electron chi connectivity index (χ4n) is 2.11. The molecular weight excluding hydrogens is 326 g/mol. The summed E-state index contributed by atoms with van der Waals surface area (Å²) in [4.78, 5) is 27.5. The molecule has 6 nitrogen and oxygen atoms in total. The van der Waals surface area contributed by atoms with E-state index < -0.39 is 4.92 Å². The first-order valence-corrected chi connectivity index (χ1v) is 7.98. The highest BCUT2D eigenvalue weighted by Gasteiger charge is 2.10. The number of non-ortho nitro benzene ring substituents is 1. The van der Waals surface area contributed by atoms with Crippen molar-refractivity contribution >= 4 is 22.9 Å². The molecule has 1 N–H and O–H groups in total. The molecule has 7 heteroatoms. The molecule has 0 spiro atoms. The van der Waals surface area contributed by atoms with Crippen molar-refractivity contribution in [2.75, 3.05) is 0 Å². The Morgan fingerprint density at radius 3 is 2.50 bits per heavy atom. The van der Waals surface area contributed by atoms with Crippen molar-refractivity contribution in [3.8, 4) is 10.6 Å². The second-order valence-electron chi connectivity index (χ2n) is 4.98. The average Bonchev–Trinajstić information content (AvgIpc) is 3.09. The van der Waals surface area contributed by atoms with Crippen LogP contribution in [0.2, 0.25) is 0 Å². The van der Waals surface area contributed by atoms with Crippen molar-refractivity contribution in [2.24, 2.45) is 0 Å². The van der Waals surface area contributed by atoms with E-state index in [1.54, 1.807) is 6.20 Å². The van der Waals surface area contributed by atoms with Crippen molar-refractivity contribution in [2.45, 2.75) is 6.54 Å². The molecule has 1 aromatic heterocycles. The van der Waals surface area contributed by atoms with Crippen molar-refractivity contribution in [1.29, 1.82) is 0 Å². The normalized spacial score (nSPS) is 10.3. The number of benzene rings is 2. The Labute approximate surface area is 141 Å². The maximum atomic E-state index is 12.1. The number of carbonyl (C=O) groups excluding carboxylic acids is 1. The number of nitrogens with zero attached hydrogens (tertiary/aromatic N) is 2. The van der Waals surface area contributed by atoms with Gasteiger partial charge in [-0.1, -0.05) is 30.3 Å². The van der Waals surface area contributed by atoms with E-state index in [9.17, 15) is 14.9 Å². The van der Waals surface area contributed by atoms with Gasteiger partial charge < -0.3 is 5.32 Å². The fourth-order valence-corrected chi connectivity index (χ4v) is 2.96. The zero-order valence-corrected chi connectivity index (χ0v) is 13.3. The molecule has 0 radical (unpaired) electrons. The summed E-state index contributed by atoms with van der Waals surface area (Å²) in [5.41, 5.74) is 1.38. The molecule has 3 rings (SSSR count). The summed E-state index contributed by atoms with van der Waals surface area (Å²) in [6.07, 6.45) is 1.74. The number of nitrogens with one attached hydrogen (secondary N) is 1. The Bertz CT molecular complexity index is 860. The number of nitro groups is 1. The number of aromatic nitrogens is 1. The molecule has 0 unspecified atom stereocenters. The second kappa shape index (κ2) is 7.01. The Morgan fingerprint density at radius 1 is 1.12 bits per heavy atom. The van der Waals surface area contributed by atoms with E-state index in [0.29, 0.717) is 12.1 Å². The highest BCUT2D eigenvalue weighted by atomic mass is 32.1. The van der Waals surface area contributed by atoms with Gasteiger partial charge in [-0.15, -0.1) is 11.3 Å². The lowest BCUT2D eigenvalue weighted by Gasteiger charge is -2.03. The van der Waals surface area contributed by atoms with Gasteiger partial charge in [-0.3, -0.25) is 14.9 Å². The van der Waals surface area contributed by atoms with E-state index in [1.165, 1.54) is 35.6 Å². The van der Waals surface area contributed by atoms with Gasteiger partial charge in [0.15, 0.2) is 0 Å². The number of hydrogen-bond acceptors (Lipinski definition) is 5. The Kier molecular flexibility index (Phi) is 4.62. The van der Waals surface area contributed by atoms with Gasteiger partial charge in [-0.2, -0.15) is 0 Å². The molecule has 2 aromatic carbocycles. The topological polar surface area (TPSA) is 85.1 Å². The molecule has 0 aliphatic carbocycles. The standard InChI is InChI=1S/C17H13N3O3S/c21-16(12-6-8-14(9-7-12)20(22)23)18-10-15-11-19-17(24-15)13-4-2-1-3-5-13/h1-9,11H,10H2,(H,18,21). The van der Waals surface area contributed by atoms with Gasteiger partial charge in [0, 0.05) is 34.3 Å². The van der Waals surface area contributed by atoms with Crippen molar-refractivity contribution < 1.29 is 9.72 Å². The number of rotatable bonds is 5. The van der Waals surface area contributed by atoms with Crippen LogP contribution in [0.15, 0.2) is 60.8 Å². The van der Waals surface area contributed by atoms with Crippen LogP contribution in [0.1, 0.15) is 15.2 Å². The van der Waals surface area contributed by atoms with E-state index in [0.717, 1.165) is 15.4 Å². The minimum atomic E-state index is -0.496. The number of amides is 1. The molecule has 1 heterocycles. The average molecular weight is 339 g/mol. The zero-order valence-electron chi connectivity index (χ0n) is 12.5. The first-order valence-electron chi connectivity index (χ1n) is 7.16. The van der Waals surface area contributed by atoms with Crippen LogP contribution in [0.3, 0.4) is 0 Å². The number of nitro benzene ring substituents is 1. The molecule has 0 atom stereocenters. The third-order valence-electron chi connectivity index (χ3n) is 3.34. The van der Waals surface area contributed by atoms with Crippen LogP contribution in [0, 0.1) is 10.1 Å². The number of hydrogen-bond donors (Lipinski definition) is 1. The maximum absolute atomic E-state index is 12.1. The van der Waals surface area contributed by atoms with Gasteiger partial charge >= 0.3 is 0 Å². The Morgan fingerprint density at radius 2 is 1.83 bits per heavy atom. The van der Waals surface area contributed by atoms with E-state index in [1.807, 2.05) is 30.3 Å². The molecule has 0 aliphatic heterocycles. The molecule has 0 aliphatic rings. The van der Waals surface area contributed by atoms with Gasteiger partial charge in [-0.05, 0) is 12.1 Å². The van der Waals surface area contributed by atoms with Crippen LogP contribution < -0.4 is 5.32 Å². The van der Waals surface area contributed by atoms with Gasteiger partial charge in [0.2, 0.25) is 0 Å². The third kappa shape index (κ3) is 3.64. The number of thiazole rings is 1. The summed E-state index contributed by atoms with van der Waals surface area (Å²) in [5, 5.41) is 14.3. The monoisotopic (exact) mass is 339 g/mol. The quantitative estimate of drug-likeness (QED) is 0.568. The zero-order chi connectivity index (χ0) is 16.9. The minimum absolute atomic E-state index is 0.0403. The summed E-state index contributed by atoms with van der Waals surface area (Å²) in [5.74, 6) is -0.278. The lowest BCUT2D eigenvalue weighted by atomic mass is 10.2. The lowest BCUT2D eigenvalue weighted by Crippen LogP contribution is -2.22. The van der Waals surface area contributed by atoms with E-state index >= 15 is 0 Å². The summed E-state index contributed by atoms with van der Waals surface area (Å²) in [6.45, 7) is 0.361. The molecule has 0 saturated carbocycles. The van der Waals surface area contributed by atoms with Crippen LogP contribution in [-0.4, -0.2) is 15.8 Å². The first-order chi connectivity index (χ1) is 11.6. The largest absolute Gasteiger partial charge is 0.347 e. The Hall–Kier alpha value is -3.06. The highest BCUT2D eigenvalue weighted by molar-refractivity contribution is 7.15. The molecule has 3 aromatic rings. The fraction of sp³-hybridized carbons (Fsp3) is 0.0588. The Balaban J connectivity index is 1.62. The minimum Gasteiger partial charge on any atom is -0.347 e. The maximum Gasteiger partial charge on any atom is 0.269 e. The molecular formula is C17H13N3O3S. The third-order valence-corrected chi connectivity index (χ3v) is 4.38. The van der Waals surface area contributed by atoms with E-state index in [4.69, 9.17) is 0 Å². The van der Waals surface area contributed by atoms with E-state index in [2.05, 4.69) is 10.3 Å². The summed E-state index contributed by atoms with van der Waals surface area (Å²) in [7, 11) is 0. The molecule has 24 heavy (non-hydrogen) atoms. The summed E-state index contributed by atoms with van der Waals surface area (Å²) < 4.78 is 0. The van der Waals surface area contributed by atoms with Crippen molar-refractivity contribution in [1.82, 2.24) is 10.3 Å². The van der Waals surface area contributed by atoms with Crippen molar-refractivity contribution in [3.05, 3.63) is 81.3 Å². The molecule has 1 amide bonds.